The first-order valence-electron chi connectivity index (χ1n) is 10.8. The Morgan fingerprint density at radius 2 is 1.66 bits per heavy atom. The minimum Gasteiger partial charge on any atom is -0.382 e. The predicted octanol–water partition coefficient (Wildman–Crippen LogP) is 5.49. The summed E-state index contributed by atoms with van der Waals surface area (Å²) in [5, 5.41) is 3.69. The molecule has 0 saturated carbocycles. The van der Waals surface area contributed by atoms with Crippen LogP contribution in [0.3, 0.4) is 0 Å². The molecule has 1 aliphatic heterocycles. The third-order valence-electron chi connectivity index (χ3n) is 6.16. The monoisotopic (exact) mass is 461 g/mol. The second kappa shape index (κ2) is 8.48. The molecule has 0 aliphatic carbocycles. The Morgan fingerprint density at radius 3 is 2.25 bits per heavy atom. The SMILES string of the molecule is CC(C)(C)N1CCC(Nc2cccc3c2c(C(F)F)cn3S(=O)(=O)c2ccccc2)CC1. The van der Waals surface area contributed by atoms with Crippen LogP contribution in [0.25, 0.3) is 10.9 Å². The molecule has 1 aliphatic rings. The molecule has 5 nitrogen and oxygen atoms in total. The number of halogens is 2. The van der Waals surface area contributed by atoms with Gasteiger partial charge in [-0.1, -0.05) is 24.3 Å². The van der Waals surface area contributed by atoms with Crippen LogP contribution in [0.1, 0.15) is 45.6 Å². The quantitative estimate of drug-likeness (QED) is 0.546. The van der Waals surface area contributed by atoms with Crippen molar-refractivity contribution in [2.75, 3.05) is 18.4 Å². The van der Waals surface area contributed by atoms with Gasteiger partial charge in [-0.05, 0) is 57.9 Å². The van der Waals surface area contributed by atoms with Crippen LogP contribution in [0, 0.1) is 0 Å². The third kappa shape index (κ3) is 4.26. The molecule has 2 heterocycles. The number of anilines is 1. The van der Waals surface area contributed by atoms with Gasteiger partial charge in [-0.3, -0.25) is 4.90 Å². The lowest BCUT2D eigenvalue weighted by atomic mass is 9.97. The van der Waals surface area contributed by atoms with Crippen molar-refractivity contribution < 1.29 is 17.2 Å². The van der Waals surface area contributed by atoms with Crippen LogP contribution in [0.4, 0.5) is 14.5 Å². The summed E-state index contributed by atoms with van der Waals surface area (Å²) in [6.45, 7) is 8.40. The molecule has 172 valence electrons. The molecule has 2 aromatic carbocycles. The van der Waals surface area contributed by atoms with E-state index in [-0.39, 0.29) is 32.9 Å². The second-order valence-corrected chi connectivity index (χ2v) is 11.1. The average molecular weight is 462 g/mol. The molecule has 0 radical (unpaired) electrons. The third-order valence-corrected chi connectivity index (χ3v) is 7.85. The van der Waals surface area contributed by atoms with Gasteiger partial charge in [0.15, 0.2) is 0 Å². The number of rotatable bonds is 5. The van der Waals surface area contributed by atoms with Gasteiger partial charge in [0.2, 0.25) is 0 Å². The van der Waals surface area contributed by atoms with Gasteiger partial charge in [0.25, 0.3) is 16.4 Å². The van der Waals surface area contributed by atoms with Gasteiger partial charge in [0, 0.05) is 47.5 Å². The lowest BCUT2D eigenvalue weighted by Crippen LogP contribution is -2.48. The Morgan fingerprint density at radius 1 is 1.00 bits per heavy atom. The van der Waals surface area contributed by atoms with Crippen molar-refractivity contribution in [3.8, 4) is 0 Å². The van der Waals surface area contributed by atoms with Crippen LogP contribution >= 0.6 is 0 Å². The molecule has 1 saturated heterocycles. The number of nitrogens with zero attached hydrogens (tertiary/aromatic N) is 2. The fourth-order valence-electron chi connectivity index (χ4n) is 4.39. The molecular weight excluding hydrogens is 432 g/mol. The maximum Gasteiger partial charge on any atom is 0.268 e. The van der Waals surface area contributed by atoms with E-state index >= 15 is 0 Å². The number of likely N-dealkylation sites (tertiary alicyclic amines) is 1. The van der Waals surface area contributed by atoms with E-state index in [0.717, 1.165) is 36.1 Å². The molecule has 3 aromatic rings. The van der Waals surface area contributed by atoms with Crippen LogP contribution in [0.2, 0.25) is 0 Å². The summed E-state index contributed by atoms with van der Waals surface area (Å²) in [6, 6.07) is 13.1. The minimum atomic E-state index is -4.00. The largest absolute Gasteiger partial charge is 0.382 e. The molecule has 1 N–H and O–H groups in total. The molecule has 8 heteroatoms. The molecule has 0 bridgehead atoms. The summed E-state index contributed by atoms with van der Waals surface area (Å²) in [5.74, 6) is 0. The van der Waals surface area contributed by atoms with Crippen LogP contribution in [0.15, 0.2) is 59.6 Å². The molecule has 0 spiro atoms. The molecule has 0 unspecified atom stereocenters. The number of piperidine rings is 1. The van der Waals surface area contributed by atoms with E-state index < -0.39 is 16.4 Å². The number of hydrogen-bond acceptors (Lipinski definition) is 4. The predicted molar refractivity (Wildman–Crippen MR) is 124 cm³/mol. The number of hydrogen-bond donors (Lipinski definition) is 1. The topological polar surface area (TPSA) is 54.3 Å². The van der Waals surface area contributed by atoms with Crippen LogP contribution in [-0.2, 0) is 10.0 Å². The molecule has 32 heavy (non-hydrogen) atoms. The van der Waals surface area contributed by atoms with Crippen molar-refractivity contribution in [1.82, 2.24) is 8.87 Å². The van der Waals surface area contributed by atoms with Gasteiger partial charge in [-0.25, -0.2) is 21.2 Å². The Hall–Kier alpha value is -2.45. The minimum absolute atomic E-state index is 0.0608. The number of benzene rings is 2. The normalized spacial score (nSPS) is 16.7. The molecule has 1 fully saturated rings. The summed E-state index contributed by atoms with van der Waals surface area (Å²) in [5.41, 5.74) is 0.613. The molecule has 0 atom stereocenters. The Kier molecular flexibility index (Phi) is 6.02. The van der Waals surface area contributed by atoms with Crippen molar-refractivity contribution >= 4 is 26.6 Å². The van der Waals surface area contributed by atoms with Gasteiger partial charge in [-0.2, -0.15) is 0 Å². The first-order valence-corrected chi connectivity index (χ1v) is 12.3. The zero-order chi connectivity index (χ0) is 23.1. The Labute approximate surface area is 188 Å². The first-order chi connectivity index (χ1) is 15.1. The highest BCUT2D eigenvalue weighted by Gasteiger charge is 2.29. The van der Waals surface area contributed by atoms with Gasteiger partial charge >= 0.3 is 0 Å². The zero-order valence-corrected chi connectivity index (χ0v) is 19.4. The van der Waals surface area contributed by atoms with E-state index in [0.29, 0.717) is 5.69 Å². The van der Waals surface area contributed by atoms with Gasteiger partial charge in [-0.15, -0.1) is 0 Å². The highest BCUT2D eigenvalue weighted by molar-refractivity contribution is 7.90. The van der Waals surface area contributed by atoms with Crippen LogP contribution in [-0.4, -0.2) is 42.0 Å². The highest BCUT2D eigenvalue weighted by atomic mass is 32.2. The maximum absolute atomic E-state index is 14.0. The molecule has 1 aromatic heterocycles. The zero-order valence-electron chi connectivity index (χ0n) is 18.6. The van der Waals surface area contributed by atoms with Crippen molar-refractivity contribution in [1.29, 1.82) is 0 Å². The summed E-state index contributed by atoms with van der Waals surface area (Å²) in [7, 11) is -4.00. The van der Waals surface area contributed by atoms with E-state index in [1.807, 2.05) is 0 Å². The molecule has 4 rings (SSSR count). The summed E-state index contributed by atoms with van der Waals surface area (Å²) >= 11 is 0. The number of nitrogens with one attached hydrogen (secondary N) is 1. The van der Waals surface area contributed by atoms with Crippen molar-refractivity contribution in [2.45, 2.75) is 56.5 Å². The van der Waals surface area contributed by atoms with E-state index in [9.17, 15) is 17.2 Å². The molecule has 0 amide bonds. The van der Waals surface area contributed by atoms with E-state index in [1.165, 1.54) is 12.1 Å². The second-order valence-electron chi connectivity index (χ2n) is 9.28. The standard InChI is InChI=1S/C24H29F2N3O2S/c1-24(2,3)28-14-12-17(13-15-28)27-20-10-7-11-21-22(20)19(23(25)26)16-29(21)32(30,31)18-8-5-4-6-9-18/h4-11,16-17,23,27H,12-15H2,1-3H3. The lowest BCUT2D eigenvalue weighted by molar-refractivity contribution is 0.106. The summed E-state index contributed by atoms with van der Waals surface area (Å²) in [6.07, 6.45) is 0.0438. The average Bonchev–Trinajstić information content (AvgIpc) is 3.16. The van der Waals surface area contributed by atoms with Crippen molar-refractivity contribution in [2.24, 2.45) is 0 Å². The van der Waals surface area contributed by atoms with E-state index in [2.05, 4.69) is 31.0 Å². The van der Waals surface area contributed by atoms with Gasteiger partial charge < -0.3 is 5.32 Å². The maximum atomic E-state index is 14.0. The molecular formula is C24H29F2N3O2S. The fraction of sp³-hybridized carbons (Fsp3) is 0.417. The van der Waals surface area contributed by atoms with Gasteiger partial charge in [0.05, 0.1) is 10.4 Å². The van der Waals surface area contributed by atoms with E-state index in [4.69, 9.17) is 0 Å². The van der Waals surface area contributed by atoms with E-state index in [1.54, 1.807) is 36.4 Å². The lowest BCUT2D eigenvalue weighted by Gasteiger charge is -2.41. The van der Waals surface area contributed by atoms with Crippen molar-refractivity contribution in [3.05, 3.63) is 60.3 Å². The number of aromatic nitrogens is 1. The summed E-state index contributed by atoms with van der Waals surface area (Å²) in [4.78, 5) is 2.48. The van der Waals surface area contributed by atoms with Crippen LogP contribution < -0.4 is 5.32 Å². The van der Waals surface area contributed by atoms with Crippen LogP contribution in [0.5, 0.6) is 0 Å². The Bertz CT molecular complexity index is 1190. The first kappa shape index (κ1) is 22.7. The smallest absolute Gasteiger partial charge is 0.268 e. The number of fused-ring (bicyclic) bond motifs is 1. The van der Waals surface area contributed by atoms with Gasteiger partial charge in [0.1, 0.15) is 0 Å². The van der Waals surface area contributed by atoms with Crippen molar-refractivity contribution in [3.63, 3.8) is 0 Å². The Balaban J connectivity index is 1.72. The fourth-order valence-corrected chi connectivity index (χ4v) is 5.78. The summed E-state index contributed by atoms with van der Waals surface area (Å²) < 4.78 is 55.4. The highest BCUT2D eigenvalue weighted by Crippen LogP contribution is 2.37. The number of alkyl halides is 2.